The van der Waals surface area contributed by atoms with E-state index in [2.05, 4.69) is 15.6 Å². The van der Waals surface area contributed by atoms with Gasteiger partial charge in [0.2, 0.25) is 5.91 Å². The molecule has 3 N–H and O–H groups in total. The van der Waals surface area contributed by atoms with Crippen molar-refractivity contribution in [1.29, 1.82) is 0 Å². The fourth-order valence-corrected chi connectivity index (χ4v) is 2.77. The molecule has 0 saturated heterocycles. The third-order valence-corrected chi connectivity index (χ3v) is 4.19. The number of aromatic nitrogens is 1. The highest BCUT2D eigenvalue weighted by molar-refractivity contribution is 6.05. The zero-order valence-electron chi connectivity index (χ0n) is 15.7. The molecule has 0 aliphatic carbocycles. The Kier molecular flexibility index (Phi) is 6.41. The van der Waals surface area contributed by atoms with Gasteiger partial charge in [-0.2, -0.15) is 0 Å². The maximum atomic E-state index is 12.5. The average molecular weight is 373 g/mol. The van der Waals surface area contributed by atoms with E-state index in [-0.39, 0.29) is 17.5 Å². The van der Waals surface area contributed by atoms with E-state index in [9.17, 15) is 9.59 Å². The van der Waals surface area contributed by atoms with E-state index < -0.39 is 0 Å². The van der Waals surface area contributed by atoms with Gasteiger partial charge in [0, 0.05) is 35.3 Å². The van der Waals surface area contributed by atoms with Gasteiger partial charge < -0.3 is 15.6 Å². The van der Waals surface area contributed by atoms with Gasteiger partial charge in [-0.15, -0.1) is 0 Å². The molecule has 0 unspecified atom stereocenters. The number of rotatable bonds is 7. The first-order valence-electron chi connectivity index (χ1n) is 9.27. The van der Waals surface area contributed by atoms with Crippen molar-refractivity contribution in [2.75, 3.05) is 6.54 Å². The number of fused-ring (bicyclic) bond motifs is 1. The highest BCUT2D eigenvalue weighted by Crippen LogP contribution is 2.20. The van der Waals surface area contributed by atoms with E-state index in [0.29, 0.717) is 6.54 Å². The smallest absolute Gasteiger partial charge is 0.267 e. The predicted octanol–water partition coefficient (Wildman–Crippen LogP) is 3.86. The quantitative estimate of drug-likeness (QED) is 0.550. The topological polar surface area (TPSA) is 74.0 Å². The molecule has 0 aliphatic rings. The molecule has 5 heteroatoms. The van der Waals surface area contributed by atoms with Crippen LogP contribution in [0, 0.1) is 0 Å². The molecule has 2 aromatic carbocycles. The van der Waals surface area contributed by atoms with Gasteiger partial charge in [0.05, 0.1) is 0 Å². The Morgan fingerprint density at radius 1 is 1.04 bits per heavy atom. The highest BCUT2D eigenvalue weighted by atomic mass is 16.2. The van der Waals surface area contributed by atoms with Crippen LogP contribution in [0.25, 0.3) is 23.1 Å². The molecule has 0 bridgehead atoms. The molecular formula is C23H23N3O2. The molecule has 1 heterocycles. The molecule has 3 aromatic rings. The van der Waals surface area contributed by atoms with Crippen LogP contribution in [0.3, 0.4) is 0 Å². The van der Waals surface area contributed by atoms with Crippen LogP contribution in [0.5, 0.6) is 0 Å². The lowest BCUT2D eigenvalue weighted by molar-refractivity contribution is -0.121. The first-order chi connectivity index (χ1) is 13.7. The fourth-order valence-electron chi connectivity index (χ4n) is 2.77. The number of benzene rings is 2. The van der Waals surface area contributed by atoms with Crippen LogP contribution in [-0.2, 0) is 9.59 Å². The summed E-state index contributed by atoms with van der Waals surface area (Å²) in [7, 11) is 0. The van der Waals surface area contributed by atoms with Crippen molar-refractivity contribution in [3.8, 4) is 0 Å². The summed E-state index contributed by atoms with van der Waals surface area (Å²) < 4.78 is 0. The van der Waals surface area contributed by atoms with Crippen LogP contribution in [0.4, 0.5) is 0 Å². The third-order valence-electron chi connectivity index (χ3n) is 4.19. The van der Waals surface area contributed by atoms with Gasteiger partial charge in [0.25, 0.3) is 5.91 Å². The van der Waals surface area contributed by atoms with Crippen molar-refractivity contribution in [3.05, 3.63) is 83.7 Å². The summed E-state index contributed by atoms with van der Waals surface area (Å²) in [5.41, 5.74) is 2.93. The summed E-state index contributed by atoms with van der Waals surface area (Å²) in [5, 5.41) is 6.51. The van der Waals surface area contributed by atoms with E-state index >= 15 is 0 Å². The molecule has 0 aliphatic heterocycles. The van der Waals surface area contributed by atoms with E-state index in [0.717, 1.165) is 28.5 Å². The minimum atomic E-state index is -0.360. The monoisotopic (exact) mass is 373 g/mol. The van der Waals surface area contributed by atoms with Crippen LogP contribution in [0.1, 0.15) is 24.5 Å². The Morgan fingerprint density at radius 2 is 1.79 bits per heavy atom. The summed E-state index contributed by atoms with van der Waals surface area (Å²) >= 11 is 0. The number of para-hydroxylation sites is 1. The van der Waals surface area contributed by atoms with Gasteiger partial charge in [-0.05, 0) is 30.2 Å². The second-order valence-corrected chi connectivity index (χ2v) is 6.34. The van der Waals surface area contributed by atoms with Crippen molar-refractivity contribution in [1.82, 2.24) is 15.6 Å². The summed E-state index contributed by atoms with van der Waals surface area (Å²) in [6, 6.07) is 17.3. The minimum Gasteiger partial charge on any atom is -0.361 e. The number of aromatic amines is 1. The van der Waals surface area contributed by atoms with Gasteiger partial charge in [-0.1, -0.05) is 55.5 Å². The minimum absolute atomic E-state index is 0.209. The summed E-state index contributed by atoms with van der Waals surface area (Å²) in [4.78, 5) is 28.1. The first kappa shape index (κ1) is 19.2. The lowest BCUT2D eigenvalue weighted by Crippen LogP contribution is -2.34. The Balaban J connectivity index is 1.83. The Morgan fingerprint density at radius 3 is 2.57 bits per heavy atom. The van der Waals surface area contributed by atoms with Gasteiger partial charge >= 0.3 is 0 Å². The number of nitrogens with one attached hydrogen (secondary N) is 3. The molecule has 28 heavy (non-hydrogen) atoms. The standard InChI is InChI=1S/C23H23N3O2/c1-2-14-24-23(28)21(15-18-16-25-20-11-7-6-10-19(18)20)26-22(27)13-12-17-8-4-3-5-9-17/h3-13,15-16,25H,2,14H2,1H3,(H,24,28)(H,26,27)/b13-12-,21-15-. The molecule has 0 saturated carbocycles. The van der Waals surface area contributed by atoms with Crippen LogP contribution in [0.15, 0.2) is 72.6 Å². The number of carbonyl (C=O) groups excluding carboxylic acids is 2. The number of hydrogen-bond donors (Lipinski definition) is 3. The molecule has 142 valence electrons. The number of amides is 2. The lowest BCUT2D eigenvalue weighted by Gasteiger charge is -2.09. The summed E-state index contributed by atoms with van der Waals surface area (Å²) in [6.45, 7) is 2.52. The van der Waals surface area contributed by atoms with Crippen LogP contribution < -0.4 is 10.6 Å². The number of H-pyrrole nitrogens is 1. The molecular weight excluding hydrogens is 350 g/mol. The molecule has 0 fully saturated rings. The molecule has 2 amide bonds. The third kappa shape index (κ3) is 4.98. The first-order valence-corrected chi connectivity index (χ1v) is 9.27. The van der Waals surface area contributed by atoms with Crippen LogP contribution >= 0.6 is 0 Å². The van der Waals surface area contributed by atoms with Crippen LogP contribution in [0.2, 0.25) is 0 Å². The Bertz CT molecular complexity index is 1020. The maximum absolute atomic E-state index is 12.5. The van der Waals surface area contributed by atoms with Crippen molar-refractivity contribution < 1.29 is 9.59 Å². The van der Waals surface area contributed by atoms with Gasteiger partial charge in [0.15, 0.2) is 0 Å². The molecule has 0 spiro atoms. The van der Waals surface area contributed by atoms with Crippen molar-refractivity contribution in [2.24, 2.45) is 0 Å². The Labute approximate surface area is 164 Å². The summed E-state index contributed by atoms with van der Waals surface area (Å²) in [5.74, 6) is -0.671. The zero-order chi connectivity index (χ0) is 19.8. The summed E-state index contributed by atoms with van der Waals surface area (Å²) in [6.07, 6.45) is 7.46. The second-order valence-electron chi connectivity index (χ2n) is 6.34. The zero-order valence-corrected chi connectivity index (χ0v) is 15.7. The van der Waals surface area contributed by atoms with Crippen molar-refractivity contribution in [3.63, 3.8) is 0 Å². The molecule has 1 aromatic heterocycles. The van der Waals surface area contributed by atoms with E-state index in [4.69, 9.17) is 0 Å². The SMILES string of the molecule is CCCNC(=O)/C(=C/c1c[nH]c2ccccc12)NC(=O)/C=C\c1ccccc1. The fraction of sp³-hybridized carbons (Fsp3) is 0.130. The normalized spacial score (nSPS) is 11.7. The highest BCUT2D eigenvalue weighted by Gasteiger charge is 2.12. The van der Waals surface area contributed by atoms with Crippen LogP contribution in [-0.4, -0.2) is 23.3 Å². The van der Waals surface area contributed by atoms with Gasteiger partial charge in [-0.3, -0.25) is 9.59 Å². The molecule has 0 atom stereocenters. The average Bonchev–Trinajstić information content (AvgIpc) is 3.13. The number of carbonyl (C=O) groups is 2. The Hall–Kier alpha value is -3.60. The second kappa shape index (κ2) is 9.37. The van der Waals surface area contributed by atoms with Gasteiger partial charge in [0.1, 0.15) is 5.70 Å². The van der Waals surface area contributed by atoms with Crippen molar-refractivity contribution >= 4 is 34.9 Å². The molecule has 5 nitrogen and oxygen atoms in total. The number of hydrogen-bond acceptors (Lipinski definition) is 2. The lowest BCUT2D eigenvalue weighted by atomic mass is 10.1. The van der Waals surface area contributed by atoms with E-state index in [1.54, 1.807) is 12.2 Å². The maximum Gasteiger partial charge on any atom is 0.267 e. The van der Waals surface area contributed by atoms with Gasteiger partial charge in [-0.25, -0.2) is 0 Å². The van der Waals surface area contributed by atoms with E-state index in [1.807, 2.05) is 67.7 Å². The predicted molar refractivity (Wildman–Crippen MR) is 113 cm³/mol. The molecule has 3 rings (SSSR count). The largest absolute Gasteiger partial charge is 0.361 e. The van der Waals surface area contributed by atoms with E-state index in [1.165, 1.54) is 6.08 Å². The molecule has 0 radical (unpaired) electrons. The van der Waals surface area contributed by atoms with Crippen molar-refractivity contribution in [2.45, 2.75) is 13.3 Å².